The third kappa shape index (κ3) is 1.83. The lowest BCUT2D eigenvalue weighted by Crippen LogP contribution is -2.09. The number of ketones is 1. The minimum atomic E-state index is -0.0458. The molecule has 4 nitrogen and oxygen atoms in total. The summed E-state index contributed by atoms with van der Waals surface area (Å²) in [5, 5.41) is 6.13. The fraction of sp³-hybridized carbons (Fsp3) is 0.125. The third-order valence-electron chi connectivity index (χ3n) is 1.64. The number of rotatable bonds is 3. The lowest BCUT2D eigenvalue weighted by atomic mass is 10.3. The lowest BCUT2D eigenvalue weighted by molar-refractivity contribution is 0.0971. The van der Waals surface area contributed by atoms with Crippen molar-refractivity contribution < 1.29 is 4.79 Å². The molecule has 0 aliphatic carbocycles. The van der Waals surface area contributed by atoms with Crippen molar-refractivity contribution in [2.75, 3.05) is 0 Å². The highest BCUT2D eigenvalue weighted by atomic mass is 35.5. The number of carbonyl (C=O) groups is 1. The van der Waals surface area contributed by atoms with E-state index in [1.165, 1.54) is 28.7 Å². The maximum absolute atomic E-state index is 11.6. The second-order valence-corrected chi connectivity index (χ2v) is 3.94. The number of hydrogen-bond donors (Lipinski definition) is 0. The zero-order valence-electron chi connectivity index (χ0n) is 7.05. The molecule has 2 heterocycles. The van der Waals surface area contributed by atoms with E-state index in [4.69, 9.17) is 11.6 Å². The van der Waals surface area contributed by atoms with Crippen molar-refractivity contribution in [1.29, 1.82) is 0 Å². The second kappa shape index (κ2) is 3.89. The van der Waals surface area contributed by atoms with Crippen LogP contribution < -0.4 is 0 Å². The Balaban J connectivity index is 2.14. The summed E-state index contributed by atoms with van der Waals surface area (Å²) in [4.78, 5) is 16.0. The molecule has 0 bridgehead atoms. The predicted octanol–water partition coefficient (Wildman–Crippen LogP) is 1.88. The highest BCUT2D eigenvalue weighted by Crippen LogP contribution is 2.22. The monoisotopic (exact) mass is 227 g/mol. The summed E-state index contributed by atoms with van der Waals surface area (Å²) in [5.74, 6) is -0.0458. The van der Waals surface area contributed by atoms with E-state index < -0.39 is 0 Å². The number of halogens is 1. The summed E-state index contributed by atoms with van der Waals surface area (Å²) >= 11 is 7.16. The normalized spacial score (nSPS) is 10.4. The van der Waals surface area contributed by atoms with Crippen LogP contribution in [0.25, 0.3) is 0 Å². The van der Waals surface area contributed by atoms with Gasteiger partial charge in [-0.15, -0.1) is 11.3 Å². The quantitative estimate of drug-likeness (QED) is 0.753. The molecule has 0 fully saturated rings. The first-order valence-electron chi connectivity index (χ1n) is 3.86. The van der Waals surface area contributed by atoms with Gasteiger partial charge in [0.25, 0.3) is 0 Å². The van der Waals surface area contributed by atoms with Crippen molar-refractivity contribution in [2.24, 2.45) is 0 Å². The fourth-order valence-electron chi connectivity index (χ4n) is 1.03. The Labute approximate surface area is 89.2 Å². The summed E-state index contributed by atoms with van der Waals surface area (Å²) in [6.45, 7) is 0.181. The third-order valence-corrected chi connectivity index (χ3v) is 3.03. The van der Waals surface area contributed by atoms with Gasteiger partial charge in [-0.25, -0.2) is 9.67 Å². The zero-order valence-corrected chi connectivity index (χ0v) is 8.63. The van der Waals surface area contributed by atoms with Gasteiger partial charge in [0.15, 0.2) is 5.78 Å². The average molecular weight is 228 g/mol. The molecule has 0 unspecified atom stereocenters. The first-order valence-corrected chi connectivity index (χ1v) is 5.12. The van der Waals surface area contributed by atoms with Gasteiger partial charge in [-0.2, -0.15) is 5.10 Å². The number of thiophene rings is 1. The Bertz CT molecular complexity index is 437. The van der Waals surface area contributed by atoms with Crippen LogP contribution in [0.3, 0.4) is 0 Å². The first kappa shape index (κ1) is 9.36. The van der Waals surface area contributed by atoms with Crippen LogP contribution in [0, 0.1) is 0 Å². The summed E-state index contributed by atoms with van der Waals surface area (Å²) < 4.78 is 1.47. The Morgan fingerprint density at radius 3 is 3.07 bits per heavy atom. The Hall–Kier alpha value is -1.20. The molecule has 0 saturated heterocycles. The minimum absolute atomic E-state index is 0.0458. The van der Waals surface area contributed by atoms with Gasteiger partial charge >= 0.3 is 0 Å². The van der Waals surface area contributed by atoms with Crippen molar-refractivity contribution in [2.45, 2.75) is 6.54 Å². The van der Waals surface area contributed by atoms with Crippen LogP contribution in [0.1, 0.15) is 9.67 Å². The number of Topliss-reactive ketones (excluding diaryl/α,β-unsaturated/α-hetero) is 1. The van der Waals surface area contributed by atoms with Crippen LogP contribution in [0.2, 0.25) is 5.02 Å². The smallest absolute Gasteiger partial charge is 0.195 e. The van der Waals surface area contributed by atoms with Gasteiger partial charge in [-0.05, 0) is 11.4 Å². The first-order chi connectivity index (χ1) is 6.77. The van der Waals surface area contributed by atoms with Crippen LogP contribution >= 0.6 is 22.9 Å². The molecule has 0 amide bonds. The van der Waals surface area contributed by atoms with E-state index >= 15 is 0 Å². The summed E-state index contributed by atoms with van der Waals surface area (Å²) in [6, 6.07) is 1.71. The van der Waals surface area contributed by atoms with Gasteiger partial charge in [-0.3, -0.25) is 4.79 Å². The van der Waals surface area contributed by atoms with Gasteiger partial charge in [0.1, 0.15) is 19.2 Å². The zero-order chi connectivity index (χ0) is 9.97. The van der Waals surface area contributed by atoms with Gasteiger partial charge in [0.2, 0.25) is 0 Å². The number of nitrogens with zero attached hydrogens (tertiary/aromatic N) is 3. The van der Waals surface area contributed by atoms with Crippen molar-refractivity contribution in [1.82, 2.24) is 14.8 Å². The molecule has 0 saturated carbocycles. The van der Waals surface area contributed by atoms with Crippen LogP contribution in [0.4, 0.5) is 0 Å². The molecule has 14 heavy (non-hydrogen) atoms. The maximum Gasteiger partial charge on any atom is 0.195 e. The van der Waals surface area contributed by atoms with Gasteiger partial charge in [0.05, 0.1) is 9.90 Å². The number of carbonyl (C=O) groups excluding carboxylic acids is 1. The topological polar surface area (TPSA) is 47.8 Å². The van der Waals surface area contributed by atoms with Gasteiger partial charge in [-0.1, -0.05) is 11.6 Å². The summed E-state index contributed by atoms with van der Waals surface area (Å²) in [7, 11) is 0. The molecule has 0 N–H and O–H groups in total. The molecule has 0 aromatic carbocycles. The van der Waals surface area contributed by atoms with Crippen LogP contribution in [0.15, 0.2) is 24.1 Å². The Morgan fingerprint density at radius 1 is 1.64 bits per heavy atom. The lowest BCUT2D eigenvalue weighted by Gasteiger charge is -1.97. The molecule has 6 heteroatoms. The Kier molecular flexibility index (Phi) is 2.60. The van der Waals surface area contributed by atoms with Crippen LogP contribution in [-0.4, -0.2) is 20.5 Å². The molecule has 72 valence electrons. The highest BCUT2D eigenvalue weighted by molar-refractivity contribution is 7.12. The molecule has 0 radical (unpaired) electrons. The second-order valence-electron chi connectivity index (χ2n) is 2.61. The molecular formula is C8H6ClN3OS. The molecule has 2 aromatic heterocycles. The van der Waals surface area contributed by atoms with E-state index in [0.717, 1.165) is 0 Å². The van der Waals surface area contributed by atoms with Crippen LogP contribution in [0.5, 0.6) is 0 Å². The Morgan fingerprint density at radius 2 is 2.50 bits per heavy atom. The van der Waals surface area contributed by atoms with E-state index in [2.05, 4.69) is 10.1 Å². The maximum atomic E-state index is 11.6. The molecule has 0 atom stereocenters. The molecule has 2 aromatic rings. The largest absolute Gasteiger partial charge is 0.291 e. The van der Waals surface area contributed by atoms with Crippen molar-refractivity contribution in [3.8, 4) is 0 Å². The fourth-order valence-corrected chi connectivity index (χ4v) is 2.12. The molecule has 0 aliphatic heterocycles. The van der Waals surface area contributed by atoms with Crippen LogP contribution in [-0.2, 0) is 6.54 Å². The van der Waals surface area contributed by atoms with Gasteiger partial charge < -0.3 is 0 Å². The standard InChI is InChI=1S/C8H6ClN3OS/c9-6-1-2-14-8(6)7(13)3-12-5-10-4-11-12/h1-2,4-5H,3H2. The van der Waals surface area contributed by atoms with Crippen molar-refractivity contribution >= 4 is 28.7 Å². The molecular weight excluding hydrogens is 222 g/mol. The highest BCUT2D eigenvalue weighted by Gasteiger charge is 2.12. The van der Waals surface area contributed by atoms with E-state index in [9.17, 15) is 4.79 Å². The number of hydrogen-bond acceptors (Lipinski definition) is 4. The summed E-state index contributed by atoms with van der Waals surface area (Å²) in [5.41, 5.74) is 0. The van der Waals surface area contributed by atoms with E-state index in [1.54, 1.807) is 11.4 Å². The van der Waals surface area contributed by atoms with E-state index in [-0.39, 0.29) is 12.3 Å². The SMILES string of the molecule is O=C(Cn1cncn1)c1sccc1Cl. The van der Waals surface area contributed by atoms with E-state index in [1.807, 2.05) is 0 Å². The van der Waals surface area contributed by atoms with Gasteiger partial charge in [0, 0.05) is 0 Å². The predicted molar refractivity (Wildman–Crippen MR) is 53.7 cm³/mol. The molecule has 0 spiro atoms. The van der Waals surface area contributed by atoms with Crippen molar-refractivity contribution in [3.63, 3.8) is 0 Å². The number of aromatic nitrogens is 3. The molecule has 2 rings (SSSR count). The minimum Gasteiger partial charge on any atom is -0.291 e. The summed E-state index contributed by atoms with van der Waals surface area (Å²) in [6.07, 6.45) is 2.89. The molecule has 0 aliphatic rings. The van der Waals surface area contributed by atoms with Crippen molar-refractivity contribution in [3.05, 3.63) is 34.0 Å². The van der Waals surface area contributed by atoms with E-state index in [0.29, 0.717) is 9.90 Å². The average Bonchev–Trinajstić information content (AvgIpc) is 2.75.